The molecular formula is C15H20N2O3. The maximum atomic E-state index is 12.0. The summed E-state index contributed by atoms with van der Waals surface area (Å²) in [6.07, 6.45) is 0. The highest BCUT2D eigenvalue weighted by Gasteiger charge is 2.16. The number of anilines is 1. The van der Waals surface area contributed by atoms with E-state index in [0.29, 0.717) is 31.0 Å². The Labute approximate surface area is 118 Å². The van der Waals surface area contributed by atoms with Crippen molar-refractivity contribution in [2.24, 2.45) is 0 Å². The second-order valence-corrected chi connectivity index (χ2v) is 5.04. The van der Waals surface area contributed by atoms with E-state index in [1.54, 1.807) is 12.1 Å². The van der Waals surface area contributed by atoms with Crippen molar-refractivity contribution in [3.05, 3.63) is 29.3 Å². The predicted molar refractivity (Wildman–Crippen MR) is 77.1 cm³/mol. The van der Waals surface area contributed by atoms with Gasteiger partial charge in [0.05, 0.1) is 25.4 Å². The maximum absolute atomic E-state index is 12.0. The minimum Gasteiger partial charge on any atom is -0.379 e. The van der Waals surface area contributed by atoms with Gasteiger partial charge in [0.15, 0.2) is 5.78 Å². The van der Waals surface area contributed by atoms with Crippen LogP contribution in [0.4, 0.5) is 5.69 Å². The number of morpholine rings is 1. The Morgan fingerprint density at radius 3 is 2.65 bits per heavy atom. The summed E-state index contributed by atoms with van der Waals surface area (Å²) < 4.78 is 5.25. The molecule has 5 nitrogen and oxygen atoms in total. The van der Waals surface area contributed by atoms with Crippen LogP contribution in [0.5, 0.6) is 0 Å². The number of hydrogen-bond acceptors (Lipinski definition) is 4. The minimum atomic E-state index is -0.0988. The average Bonchev–Trinajstić information content (AvgIpc) is 2.41. The predicted octanol–water partition coefficient (Wildman–Crippen LogP) is 1.47. The number of aryl methyl sites for hydroxylation is 1. The first-order valence-electron chi connectivity index (χ1n) is 6.78. The molecular weight excluding hydrogens is 256 g/mol. The Balaban J connectivity index is 2.01. The number of nitrogens with one attached hydrogen (secondary N) is 1. The quantitative estimate of drug-likeness (QED) is 0.846. The summed E-state index contributed by atoms with van der Waals surface area (Å²) >= 11 is 0. The molecule has 2 rings (SSSR count). The molecule has 1 saturated heterocycles. The fraction of sp³-hybridized carbons (Fsp3) is 0.467. The lowest BCUT2D eigenvalue weighted by Gasteiger charge is -2.25. The zero-order valence-corrected chi connectivity index (χ0v) is 11.9. The van der Waals surface area contributed by atoms with Crippen LogP contribution in [0.2, 0.25) is 0 Å². The van der Waals surface area contributed by atoms with Crippen LogP contribution in [0, 0.1) is 6.92 Å². The number of rotatable bonds is 4. The van der Waals surface area contributed by atoms with Crippen molar-refractivity contribution in [2.75, 3.05) is 38.2 Å². The van der Waals surface area contributed by atoms with Gasteiger partial charge < -0.3 is 10.1 Å². The maximum Gasteiger partial charge on any atom is 0.238 e. The van der Waals surface area contributed by atoms with E-state index in [4.69, 9.17) is 4.74 Å². The molecule has 0 aliphatic carbocycles. The Hall–Kier alpha value is -1.72. The number of amides is 1. The van der Waals surface area contributed by atoms with E-state index in [-0.39, 0.29) is 11.7 Å². The lowest BCUT2D eigenvalue weighted by molar-refractivity contribution is -0.118. The SMILES string of the molecule is CC(=O)c1cc(C)ccc1NC(=O)CN1CCOCC1. The molecule has 0 atom stereocenters. The largest absolute Gasteiger partial charge is 0.379 e. The van der Waals surface area contributed by atoms with Crippen LogP contribution >= 0.6 is 0 Å². The summed E-state index contributed by atoms with van der Waals surface area (Å²) in [6.45, 7) is 6.61. The van der Waals surface area contributed by atoms with E-state index in [1.807, 2.05) is 17.9 Å². The van der Waals surface area contributed by atoms with Gasteiger partial charge in [-0.15, -0.1) is 0 Å². The molecule has 1 aromatic carbocycles. The fourth-order valence-corrected chi connectivity index (χ4v) is 2.21. The summed E-state index contributed by atoms with van der Waals surface area (Å²) in [4.78, 5) is 25.7. The highest BCUT2D eigenvalue weighted by atomic mass is 16.5. The molecule has 0 saturated carbocycles. The molecule has 0 spiro atoms. The van der Waals surface area contributed by atoms with E-state index in [9.17, 15) is 9.59 Å². The van der Waals surface area contributed by atoms with Crippen LogP contribution in [0.25, 0.3) is 0 Å². The third kappa shape index (κ3) is 3.88. The third-order valence-electron chi connectivity index (χ3n) is 3.30. The molecule has 0 aromatic heterocycles. The number of nitrogens with zero attached hydrogens (tertiary/aromatic N) is 1. The monoisotopic (exact) mass is 276 g/mol. The van der Waals surface area contributed by atoms with Gasteiger partial charge in [-0.3, -0.25) is 14.5 Å². The molecule has 1 N–H and O–H groups in total. The van der Waals surface area contributed by atoms with Crippen LogP contribution in [0.1, 0.15) is 22.8 Å². The standard InChI is InChI=1S/C15H20N2O3/c1-11-3-4-14(13(9-11)12(2)18)16-15(19)10-17-5-7-20-8-6-17/h3-4,9H,5-8,10H2,1-2H3,(H,16,19). The molecule has 0 unspecified atom stereocenters. The number of ether oxygens (including phenoxy) is 1. The summed E-state index contributed by atoms with van der Waals surface area (Å²) in [7, 11) is 0. The normalized spacial score (nSPS) is 15.9. The molecule has 108 valence electrons. The summed E-state index contributed by atoms with van der Waals surface area (Å²) in [6, 6.07) is 5.47. The van der Waals surface area contributed by atoms with Crippen molar-refractivity contribution in [1.29, 1.82) is 0 Å². The first-order valence-corrected chi connectivity index (χ1v) is 6.78. The summed E-state index contributed by atoms with van der Waals surface area (Å²) in [5.41, 5.74) is 2.14. The Morgan fingerprint density at radius 1 is 1.30 bits per heavy atom. The summed E-state index contributed by atoms with van der Waals surface area (Å²) in [5.74, 6) is -0.145. The Kier molecular flexibility index (Phi) is 4.87. The van der Waals surface area contributed by atoms with Gasteiger partial charge in [0, 0.05) is 18.7 Å². The van der Waals surface area contributed by atoms with E-state index < -0.39 is 0 Å². The van der Waals surface area contributed by atoms with Gasteiger partial charge in [0.2, 0.25) is 5.91 Å². The number of carbonyl (C=O) groups is 2. The number of benzene rings is 1. The van der Waals surface area contributed by atoms with Gasteiger partial charge in [0.25, 0.3) is 0 Å². The Morgan fingerprint density at radius 2 is 2.00 bits per heavy atom. The lowest BCUT2D eigenvalue weighted by Crippen LogP contribution is -2.41. The number of hydrogen-bond donors (Lipinski definition) is 1. The fourth-order valence-electron chi connectivity index (χ4n) is 2.21. The van der Waals surface area contributed by atoms with Gasteiger partial charge in [-0.25, -0.2) is 0 Å². The number of ketones is 1. The topological polar surface area (TPSA) is 58.6 Å². The molecule has 1 fully saturated rings. The Bertz CT molecular complexity index is 508. The van der Waals surface area contributed by atoms with Crippen LogP contribution in [0.15, 0.2) is 18.2 Å². The number of Topliss-reactive ketones (excluding diaryl/α,β-unsaturated/α-hetero) is 1. The van der Waals surface area contributed by atoms with Crippen LogP contribution in [-0.4, -0.2) is 49.4 Å². The zero-order valence-electron chi connectivity index (χ0n) is 11.9. The molecule has 1 heterocycles. The minimum absolute atomic E-state index is 0.0460. The number of carbonyl (C=O) groups excluding carboxylic acids is 2. The third-order valence-corrected chi connectivity index (χ3v) is 3.30. The van der Waals surface area contributed by atoms with Crippen molar-refractivity contribution in [3.8, 4) is 0 Å². The van der Waals surface area contributed by atoms with Crippen LogP contribution < -0.4 is 5.32 Å². The molecule has 0 radical (unpaired) electrons. The molecule has 5 heteroatoms. The van der Waals surface area contributed by atoms with Crippen molar-refractivity contribution in [3.63, 3.8) is 0 Å². The van der Waals surface area contributed by atoms with E-state index in [1.165, 1.54) is 6.92 Å². The van der Waals surface area contributed by atoms with E-state index >= 15 is 0 Å². The second-order valence-electron chi connectivity index (χ2n) is 5.04. The van der Waals surface area contributed by atoms with Gasteiger partial charge in [-0.2, -0.15) is 0 Å². The molecule has 0 bridgehead atoms. The van der Waals surface area contributed by atoms with E-state index in [2.05, 4.69) is 5.32 Å². The smallest absolute Gasteiger partial charge is 0.238 e. The highest BCUT2D eigenvalue weighted by Crippen LogP contribution is 2.18. The van der Waals surface area contributed by atoms with Crippen molar-refractivity contribution >= 4 is 17.4 Å². The average molecular weight is 276 g/mol. The second kappa shape index (κ2) is 6.63. The van der Waals surface area contributed by atoms with Gasteiger partial charge >= 0.3 is 0 Å². The molecule has 1 amide bonds. The van der Waals surface area contributed by atoms with Crippen molar-refractivity contribution < 1.29 is 14.3 Å². The molecule has 1 aliphatic rings. The lowest BCUT2D eigenvalue weighted by atomic mass is 10.1. The first kappa shape index (κ1) is 14.7. The summed E-state index contributed by atoms with van der Waals surface area (Å²) in [5, 5.41) is 2.82. The first-order chi connectivity index (χ1) is 9.56. The van der Waals surface area contributed by atoms with Crippen molar-refractivity contribution in [1.82, 2.24) is 4.90 Å². The van der Waals surface area contributed by atoms with E-state index in [0.717, 1.165) is 18.7 Å². The molecule has 1 aliphatic heterocycles. The molecule has 20 heavy (non-hydrogen) atoms. The van der Waals surface area contributed by atoms with Crippen molar-refractivity contribution in [2.45, 2.75) is 13.8 Å². The highest BCUT2D eigenvalue weighted by molar-refractivity contribution is 6.04. The molecule has 1 aromatic rings. The van der Waals surface area contributed by atoms with Gasteiger partial charge in [-0.1, -0.05) is 11.6 Å². The van der Waals surface area contributed by atoms with Gasteiger partial charge in [-0.05, 0) is 26.0 Å². The van der Waals surface area contributed by atoms with Crippen LogP contribution in [0.3, 0.4) is 0 Å². The zero-order chi connectivity index (χ0) is 14.5. The van der Waals surface area contributed by atoms with Gasteiger partial charge in [0.1, 0.15) is 0 Å². The van der Waals surface area contributed by atoms with Crippen LogP contribution in [-0.2, 0) is 9.53 Å².